The van der Waals surface area contributed by atoms with Crippen molar-refractivity contribution in [2.45, 2.75) is 26.0 Å². The molecule has 0 saturated carbocycles. The topological polar surface area (TPSA) is 46.6 Å². The maximum Gasteiger partial charge on any atom is 0.214 e. The summed E-state index contributed by atoms with van der Waals surface area (Å²) in [6.45, 7) is 4.29. The first-order valence-corrected chi connectivity index (χ1v) is 6.82. The van der Waals surface area contributed by atoms with E-state index in [1.807, 2.05) is 6.92 Å². The van der Waals surface area contributed by atoms with Crippen molar-refractivity contribution in [1.82, 2.24) is 4.31 Å². The average Bonchev–Trinajstić information content (AvgIpc) is 2.18. The van der Waals surface area contributed by atoms with E-state index in [4.69, 9.17) is 16.3 Å². The van der Waals surface area contributed by atoms with Crippen LogP contribution >= 0.6 is 11.6 Å². The van der Waals surface area contributed by atoms with E-state index in [-0.39, 0.29) is 17.9 Å². The number of sulfonamides is 1. The molecule has 2 unspecified atom stereocenters. The van der Waals surface area contributed by atoms with E-state index in [0.29, 0.717) is 19.0 Å². The molecular weight excluding hydrogens is 226 g/mol. The molecule has 1 saturated heterocycles. The van der Waals surface area contributed by atoms with E-state index in [2.05, 4.69) is 0 Å². The van der Waals surface area contributed by atoms with Crippen molar-refractivity contribution in [2.24, 2.45) is 0 Å². The highest BCUT2D eigenvalue weighted by molar-refractivity contribution is 7.89. The third-order valence-electron chi connectivity index (χ3n) is 2.34. The Morgan fingerprint density at radius 1 is 1.57 bits per heavy atom. The first-order chi connectivity index (χ1) is 6.51. The zero-order chi connectivity index (χ0) is 10.8. The van der Waals surface area contributed by atoms with Crippen LogP contribution in [-0.2, 0) is 14.8 Å². The molecule has 4 nitrogen and oxygen atoms in total. The normalized spacial score (nSPS) is 30.5. The van der Waals surface area contributed by atoms with Crippen molar-refractivity contribution in [3.05, 3.63) is 0 Å². The second kappa shape index (κ2) is 4.79. The Hall–Kier alpha value is 0.160. The summed E-state index contributed by atoms with van der Waals surface area (Å²) in [6.07, 6.45) is -0.172. The molecule has 0 bridgehead atoms. The number of halogens is 1. The number of rotatable bonds is 3. The summed E-state index contributed by atoms with van der Waals surface area (Å²) in [4.78, 5) is 0. The molecule has 0 aromatic carbocycles. The number of alkyl halides is 1. The minimum absolute atomic E-state index is 0.0839. The Bertz CT molecular complexity index is 280. The predicted molar refractivity (Wildman–Crippen MR) is 56.1 cm³/mol. The van der Waals surface area contributed by atoms with E-state index < -0.39 is 10.0 Å². The number of hydrogen-bond acceptors (Lipinski definition) is 3. The van der Waals surface area contributed by atoms with Gasteiger partial charge in [0.1, 0.15) is 0 Å². The Kier molecular flexibility index (Phi) is 4.18. The van der Waals surface area contributed by atoms with Crippen LogP contribution < -0.4 is 0 Å². The lowest BCUT2D eigenvalue weighted by molar-refractivity contribution is -0.0151. The van der Waals surface area contributed by atoms with Crippen molar-refractivity contribution in [1.29, 1.82) is 0 Å². The Balaban J connectivity index is 2.75. The monoisotopic (exact) mass is 241 g/mol. The molecule has 1 fully saturated rings. The first kappa shape index (κ1) is 12.2. The number of morpholine rings is 1. The van der Waals surface area contributed by atoms with Crippen LogP contribution in [0.2, 0.25) is 0 Å². The quantitative estimate of drug-likeness (QED) is 0.683. The largest absolute Gasteiger partial charge is 0.374 e. The molecule has 1 aliphatic heterocycles. The van der Waals surface area contributed by atoms with Gasteiger partial charge in [0.25, 0.3) is 0 Å². The SMILES string of the molecule is CCS(=O)(=O)N1CC(CCl)OCC1C. The van der Waals surface area contributed by atoms with Gasteiger partial charge in [-0.2, -0.15) is 4.31 Å². The second-order valence-corrected chi connectivity index (χ2v) is 5.95. The molecule has 0 amide bonds. The molecule has 0 aliphatic carbocycles. The second-order valence-electron chi connectivity index (χ2n) is 3.43. The van der Waals surface area contributed by atoms with Gasteiger partial charge in [-0.15, -0.1) is 11.6 Å². The van der Waals surface area contributed by atoms with Crippen LogP contribution in [0.25, 0.3) is 0 Å². The number of nitrogens with zero attached hydrogens (tertiary/aromatic N) is 1. The van der Waals surface area contributed by atoms with Crippen LogP contribution in [0.5, 0.6) is 0 Å². The van der Waals surface area contributed by atoms with E-state index >= 15 is 0 Å². The molecule has 0 spiro atoms. The van der Waals surface area contributed by atoms with Gasteiger partial charge in [0.2, 0.25) is 10.0 Å². The molecular formula is C8H16ClNO3S. The molecule has 0 aromatic heterocycles. The molecule has 84 valence electrons. The highest BCUT2D eigenvalue weighted by atomic mass is 35.5. The fourth-order valence-corrected chi connectivity index (χ4v) is 2.96. The van der Waals surface area contributed by atoms with Crippen LogP contribution in [0, 0.1) is 0 Å². The summed E-state index contributed by atoms with van der Waals surface area (Å²) >= 11 is 5.64. The fourth-order valence-electron chi connectivity index (χ4n) is 1.44. The van der Waals surface area contributed by atoms with Gasteiger partial charge in [0.15, 0.2) is 0 Å². The summed E-state index contributed by atoms with van der Waals surface area (Å²) in [5.74, 6) is 0.467. The van der Waals surface area contributed by atoms with Crippen molar-refractivity contribution in [3.8, 4) is 0 Å². The Morgan fingerprint density at radius 2 is 2.21 bits per heavy atom. The molecule has 0 radical (unpaired) electrons. The molecule has 0 N–H and O–H groups in total. The Labute approximate surface area is 90.2 Å². The third-order valence-corrected chi connectivity index (χ3v) is 4.64. The summed E-state index contributed by atoms with van der Waals surface area (Å²) in [5, 5.41) is 0. The lowest BCUT2D eigenvalue weighted by Gasteiger charge is -2.36. The van der Waals surface area contributed by atoms with Crippen molar-refractivity contribution in [2.75, 3.05) is 24.8 Å². The number of hydrogen-bond donors (Lipinski definition) is 0. The maximum absolute atomic E-state index is 11.7. The van der Waals surface area contributed by atoms with Gasteiger partial charge >= 0.3 is 0 Å². The Morgan fingerprint density at radius 3 is 2.71 bits per heavy atom. The minimum Gasteiger partial charge on any atom is -0.374 e. The maximum atomic E-state index is 11.7. The van der Waals surface area contributed by atoms with Gasteiger partial charge < -0.3 is 4.74 Å². The molecule has 6 heteroatoms. The molecule has 1 aliphatic rings. The highest BCUT2D eigenvalue weighted by Gasteiger charge is 2.32. The number of ether oxygens (including phenoxy) is 1. The summed E-state index contributed by atoms with van der Waals surface area (Å²) in [6, 6.07) is -0.0839. The van der Waals surface area contributed by atoms with E-state index in [0.717, 1.165) is 0 Å². The van der Waals surface area contributed by atoms with Crippen LogP contribution in [0.1, 0.15) is 13.8 Å². The van der Waals surface area contributed by atoms with Crippen LogP contribution in [0.15, 0.2) is 0 Å². The molecule has 14 heavy (non-hydrogen) atoms. The third kappa shape index (κ3) is 2.59. The lowest BCUT2D eigenvalue weighted by Crippen LogP contribution is -2.51. The van der Waals surface area contributed by atoms with E-state index in [1.54, 1.807) is 6.92 Å². The van der Waals surface area contributed by atoms with Crippen LogP contribution in [0.3, 0.4) is 0 Å². The van der Waals surface area contributed by atoms with Crippen LogP contribution in [0.4, 0.5) is 0 Å². The zero-order valence-electron chi connectivity index (χ0n) is 8.44. The van der Waals surface area contributed by atoms with Crippen molar-refractivity contribution in [3.63, 3.8) is 0 Å². The zero-order valence-corrected chi connectivity index (χ0v) is 10.0. The van der Waals surface area contributed by atoms with E-state index in [9.17, 15) is 8.42 Å². The lowest BCUT2D eigenvalue weighted by atomic mass is 10.2. The van der Waals surface area contributed by atoms with Gasteiger partial charge in [0, 0.05) is 18.5 Å². The first-order valence-electron chi connectivity index (χ1n) is 4.68. The molecule has 2 atom stereocenters. The van der Waals surface area contributed by atoms with Crippen LogP contribution in [-0.4, -0.2) is 49.7 Å². The smallest absolute Gasteiger partial charge is 0.214 e. The van der Waals surface area contributed by atoms with Gasteiger partial charge in [-0.3, -0.25) is 0 Å². The molecule has 1 heterocycles. The minimum atomic E-state index is -3.12. The molecule has 0 aromatic rings. The predicted octanol–water partition coefficient (Wildman–Crippen LogP) is 0.664. The summed E-state index contributed by atoms with van der Waals surface area (Å²) < 4.78 is 30.2. The average molecular weight is 242 g/mol. The van der Waals surface area contributed by atoms with Gasteiger partial charge in [0.05, 0.1) is 18.5 Å². The summed E-state index contributed by atoms with van der Waals surface area (Å²) in [5.41, 5.74) is 0. The standard InChI is InChI=1S/C8H16ClNO3S/c1-3-14(11,12)10-5-8(4-9)13-6-7(10)2/h7-8H,3-6H2,1-2H3. The van der Waals surface area contributed by atoms with Gasteiger partial charge in [-0.05, 0) is 13.8 Å². The fraction of sp³-hybridized carbons (Fsp3) is 1.00. The van der Waals surface area contributed by atoms with E-state index in [1.165, 1.54) is 4.31 Å². The van der Waals surface area contributed by atoms with Crippen molar-refractivity contribution < 1.29 is 13.2 Å². The van der Waals surface area contributed by atoms with Gasteiger partial charge in [-0.1, -0.05) is 0 Å². The van der Waals surface area contributed by atoms with Crippen molar-refractivity contribution >= 4 is 21.6 Å². The summed E-state index contributed by atoms with van der Waals surface area (Å²) in [7, 11) is -3.12. The highest BCUT2D eigenvalue weighted by Crippen LogP contribution is 2.16. The van der Waals surface area contributed by atoms with Gasteiger partial charge in [-0.25, -0.2) is 8.42 Å². The molecule has 1 rings (SSSR count).